The van der Waals surface area contributed by atoms with Crippen molar-refractivity contribution in [3.8, 4) is 0 Å². The number of hydrogen-bond donors (Lipinski definition) is 2. The monoisotopic (exact) mass is 802 g/mol. The molecule has 304 valence electrons. The van der Waals surface area contributed by atoms with E-state index in [-0.39, 0.29) is 61.7 Å². The fourth-order valence-electron chi connectivity index (χ4n) is 11.1. The van der Waals surface area contributed by atoms with Crippen LogP contribution in [0, 0.1) is 46.3 Å². The van der Waals surface area contributed by atoms with Gasteiger partial charge in [0.25, 0.3) is 0 Å². The van der Waals surface area contributed by atoms with E-state index < -0.39 is 20.6 Å². The zero-order valence-electron chi connectivity index (χ0n) is 33.3. The molecule has 0 spiro atoms. The summed E-state index contributed by atoms with van der Waals surface area (Å²) in [5.41, 5.74) is 9.41. The number of azide groups is 1. The Bertz CT molecular complexity index is 1340. The van der Waals surface area contributed by atoms with Crippen molar-refractivity contribution in [1.29, 1.82) is 0 Å². The summed E-state index contributed by atoms with van der Waals surface area (Å²) in [7, 11) is -7.59. The minimum Gasteiger partial charge on any atom is -0.393 e. The fraction of sp³-hybridized carbons (Fsp3) is 0.921. The van der Waals surface area contributed by atoms with Crippen LogP contribution < -0.4 is 5.32 Å². The molecule has 1 unspecified atom stereocenters. The molecule has 0 aliphatic heterocycles. The Labute approximate surface area is 323 Å². The van der Waals surface area contributed by atoms with Crippen LogP contribution in [0.4, 0.5) is 0 Å². The molecular formula is C38H68N4O8P2S. The van der Waals surface area contributed by atoms with Crippen molar-refractivity contribution >= 4 is 32.9 Å². The smallest absolute Gasteiger partial charge is 0.346 e. The number of amides is 1. The van der Waals surface area contributed by atoms with E-state index in [0.717, 1.165) is 51.4 Å². The SMILES string of the molecule is CCOP(=O)(OCC)C(C/C=C/SCCNC(=O)CC[C@@H](C)[C@H]1CC[C@H]2[C@@H]3[C@H](O)CC4C[C@H](N=[N+]=[N-])CC[C@]4(C)[C@H]3CC[C@]12C)P(=O)(OCC)OCC. The number of hydrogen-bond acceptors (Lipinski definition) is 10. The molecular weight excluding hydrogens is 734 g/mol. The Kier molecular flexibility index (Phi) is 16.9. The standard InChI is InChI=1S/C38H68N4O8P2S/c1-8-47-51(45,48-9-2)35(52(46,49-10-3)50-11-4)13-12-23-53-24-22-40-34(44)17-14-27(5)30-15-16-31-36-32(19-21-38(30,31)7)37(6)20-18-29(41-42-39)25-28(37)26-33(36)43/h12,23,27-33,35-36,43H,8-11,13-22,24-26H2,1-7H3,(H,40,44)/b23-12+/t27-,28?,29-,30-,31+,32+,33-,36+,37+,38-/m1/s1. The van der Waals surface area contributed by atoms with Gasteiger partial charge in [0.15, 0.2) is 5.40 Å². The molecule has 1 amide bonds. The summed E-state index contributed by atoms with van der Waals surface area (Å²) >= 11 is 1.51. The average Bonchev–Trinajstić information content (AvgIpc) is 3.46. The molecule has 15 heteroatoms. The molecule has 4 aliphatic carbocycles. The Morgan fingerprint density at radius 3 is 2.17 bits per heavy atom. The molecule has 4 fully saturated rings. The van der Waals surface area contributed by atoms with E-state index in [0.29, 0.717) is 54.2 Å². The van der Waals surface area contributed by atoms with Crippen LogP contribution in [0.2, 0.25) is 0 Å². The van der Waals surface area contributed by atoms with Crippen molar-refractivity contribution in [3.05, 3.63) is 21.9 Å². The average molecular weight is 803 g/mol. The Hall–Kier alpha value is -0.870. The molecule has 10 atom stereocenters. The van der Waals surface area contributed by atoms with Crippen LogP contribution in [-0.2, 0) is 32.0 Å². The molecule has 2 N–H and O–H groups in total. The van der Waals surface area contributed by atoms with Gasteiger partial charge in [-0.15, -0.1) is 11.8 Å². The Balaban J connectivity index is 1.24. The third-order valence-corrected chi connectivity index (χ3v) is 20.4. The number of nitrogens with one attached hydrogen (secondary N) is 1. The van der Waals surface area contributed by atoms with Crippen molar-refractivity contribution in [3.63, 3.8) is 0 Å². The number of allylic oxidation sites excluding steroid dienone is 1. The van der Waals surface area contributed by atoms with Gasteiger partial charge in [0.1, 0.15) is 0 Å². The lowest BCUT2D eigenvalue weighted by molar-refractivity contribution is -0.166. The van der Waals surface area contributed by atoms with Gasteiger partial charge in [-0.1, -0.05) is 32.0 Å². The first-order valence-corrected chi connectivity index (χ1v) is 24.6. The summed E-state index contributed by atoms with van der Waals surface area (Å²) in [6.07, 6.45) is 11.4. The lowest BCUT2D eigenvalue weighted by atomic mass is 9.43. The molecule has 0 radical (unpaired) electrons. The van der Waals surface area contributed by atoms with Crippen LogP contribution in [0.5, 0.6) is 0 Å². The second kappa shape index (κ2) is 20.0. The molecule has 4 saturated carbocycles. The molecule has 4 rings (SSSR count). The summed E-state index contributed by atoms with van der Waals surface area (Å²) in [5.74, 6) is 3.48. The first-order chi connectivity index (χ1) is 25.3. The minimum absolute atomic E-state index is 0.0617. The number of aliphatic hydroxyl groups excluding tert-OH is 1. The van der Waals surface area contributed by atoms with Crippen molar-refractivity contribution in [2.45, 2.75) is 137 Å². The van der Waals surface area contributed by atoms with E-state index in [1.165, 1.54) is 18.2 Å². The van der Waals surface area contributed by atoms with E-state index >= 15 is 0 Å². The van der Waals surface area contributed by atoms with E-state index in [4.69, 9.17) is 23.6 Å². The second-order valence-electron chi connectivity index (χ2n) is 16.2. The minimum atomic E-state index is -3.80. The summed E-state index contributed by atoms with van der Waals surface area (Å²) in [6, 6.07) is 0.0635. The van der Waals surface area contributed by atoms with Crippen LogP contribution in [0.1, 0.15) is 119 Å². The number of aliphatic hydroxyl groups is 1. The molecule has 0 aromatic carbocycles. The molecule has 0 aromatic rings. The lowest BCUT2D eigenvalue weighted by Crippen LogP contribution is -2.58. The highest BCUT2D eigenvalue weighted by atomic mass is 32.2. The number of fused-ring (bicyclic) bond motifs is 5. The summed E-state index contributed by atoms with van der Waals surface area (Å²) < 4.78 is 49.6. The van der Waals surface area contributed by atoms with E-state index in [9.17, 15) is 19.0 Å². The third-order valence-electron chi connectivity index (χ3n) is 13.5. The van der Waals surface area contributed by atoms with Crippen LogP contribution in [0.3, 0.4) is 0 Å². The lowest BCUT2D eigenvalue weighted by Gasteiger charge is -2.62. The number of carbonyl (C=O) groups excluding carboxylic acids is 1. The summed E-state index contributed by atoms with van der Waals surface area (Å²) in [5, 5.41) is 19.6. The molecule has 0 heterocycles. The zero-order valence-corrected chi connectivity index (χ0v) is 35.9. The second-order valence-corrected chi connectivity index (χ2v) is 22.1. The highest BCUT2D eigenvalue weighted by molar-refractivity contribution is 8.02. The highest BCUT2D eigenvalue weighted by Gasteiger charge is 2.63. The molecule has 4 aliphatic rings. The quantitative estimate of drug-likeness (QED) is 0.0377. The van der Waals surface area contributed by atoms with Gasteiger partial charge in [-0.05, 0) is 149 Å². The van der Waals surface area contributed by atoms with Crippen molar-refractivity contribution in [1.82, 2.24) is 5.32 Å². The first-order valence-electron chi connectivity index (χ1n) is 20.3. The fourth-order valence-corrected chi connectivity index (χ4v) is 17.0. The zero-order chi connectivity index (χ0) is 38.9. The first kappa shape index (κ1) is 44.8. The topological polar surface area (TPSA) is 169 Å². The third kappa shape index (κ3) is 10.2. The maximum Gasteiger partial charge on any atom is 0.346 e. The number of nitrogens with zero attached hydrogens (tertiary/aromatic N) is 3. The van der Waals surface area contributed by atoms with Crippen molar-refractivity contribution in [2.24, 2.45) is 51.5 Å². The van der Waals surface area contributed by atoms with Crippen LogP contribution in [0.25, 0.3) is 10.4 Å². The van der Waals surface area contributed by atoms with Gasteiger partial charge in [-0.3, -0.25) is 13.9 Å². The number of rotatable bonds is 21. The van der Waals surface area contributed by atoms with Crippen LogP contribution >= 0.6 is 27.0 Å². The van der Waals surface area contributed by atoms with Crippen LogP contribution in [0.15, 0.2) is 16.6 Å². The van der Waals surface area contributed by atoms with Crippen molar-refractivity contribution in [2.75, 3.05) is 38.7 Å². The molecule has 53 heavy (non-hydrogen) atoms. The van der Waals surface area contributed by atoms with Crippen molar-refractivity contribution < 1.29 is 37.1 Å². The van der Waals surface area contributed by atoms with E-state index in [2.05, 4.69) is 36.1 Å². The summed E-state index contributed by atoms with van der Waals surface area (Å²) in [4.78, 5) is 16.0. The maximum atomic E-state index is 13.7. The van der Waals surface area contributed by atoms with Gasteiger partial charge in [0.05, 0.1) is 32.5 Å². The van der Waals surface area contributed by atoms with Gasteiger partial charge in [0.2, 0.25) is 5.91 Å². The Morgan fingerprint density at radius 2 is 1.57 bits per heavy atom. The van der Waals surface area contributed by atoms with E-state index in [1.54, 1.807) is 33.8 Å². The maximum absolute atomic E-state index is 13.7. The normalized spacial score (nSPS) is 33.6. The van der Waals surface area contributed by atoms with E-state index in [1.807, 2.05) is 5.41 Å². The van der Waals surface area contributed by atoms with Gasteiger partial charge < -0.3 is 28.5 Å². The Morgan fingerprint density at radius 1 is 0.962 bits per heavy atom. The molecule has 0 saturated heterocycles. The largest absolute Gasteiger partial charge is 0.393 e. The molecule has 0 aromatic heterocycles. The van der Waals surface area contributed by atoms with Gasteiger partial charge in [0, 0.05) is 29.7 Å². The molecule has 12 nitrogen and oxygen atoms in total. The summed E-state index contributed by atoms with van der Waals surface area (Å²) in [6.45, 7) is 15.2. The van der Waals surface area contributed by atoms with Gasteiger partial charge in [-0.2, -0.15) is 0 Å². The van der Waals surface area contributed by atoms with Gasteiger partial charge in [-0.25, -0.2) is 0 Å². The highest BCUT2D eigenvalue weighted by Crippen LogP contribution is 2.72. The number of thioether (sulfide) groups is 1. The van der Waals surface area contributed by atoms with Gasteiger partial charge >= 0.3 is 15.2 Å². The van der Waals surface area contributed by atoms with Crippen LogP contribution in [-0.4, -0.2) is 67.3 Å². The predicted octanol–water partition coefficient (Wildman–Crippen LogP) is 10.3. The number of carbonyl (C=O) groups is 1. The molecule has 0 bridgehead atoms. The predicted molar refractivity (Wildman–Crippen MR) is 213 cm³/mol.